The quantitative estimate of drug-likeness (QED) is 0.732. The molecule has 0 aliphatic carbocycles. The van der Waals surface area contributed by atoms with Gasteiger partial charge in [-0.2, -0.15) is 4.52 Å². The summed E-state index contributed by atoms with van der Waals surface area (Å²) in [6.45, 7) is 6.48. The largest absolute Gasteiger partial charge is 0.348 e. The minimum atomic E-state index is -0.436. The molecule has 8 heteroatoms. The molecule has 1 aromatic carbocycles. The molecule has 1 N–H and O–H groups in total. The Hall–Kier alpha value is -2.74. The Labute approximate surface area is 167 Å². The highest BCUT2D eigenvalue weighted by Gasteiger charge is 2.21. The first-order valence-electron chi connectivity index (χ1n) is 9.49. The summed E-state index contributed by atoms with van der Waals surface area (Å²) >= 11 is 1.39. The van der Waals surface area contributed by atoms with Crippen molar-refractivity contribution in [1.29, 1.82) is 0 Å². The number of aromatic nitrogens is 3. The van der Waals surface area contributed by atoms with E-state index in [1.54, 1.807) is 0 Å². The topological polar surface area (TPSA) is 79.6 Å². The molecule has 7 nitrogen and oxygen atoms in total. The number of anilines is 1. The van der Waals surface area contributed by atoms with Crippen LogP contribution in [0.25, 0.3) is 4.96 Å². The second-order valence-corrected chi connectivity index (χ2v) is 8.33. The van der Waals surface area contributed by atoms with Gasteiger partial charge in [-0.1, -0.05) is 48.1 Å². The molecular weight excluding hydrogens is 374 g/mol. The Bertz CT molecular complexity index is 1050. The number of nitrogens with zero attached hydrogens (tertiary/aromatic N) is 4. The molecule has 3 aromatic rings. The number of hydrogen-bond donors (Lipinski definition) is 1. The summed E-state index contributed by atoms with van der Waals surface area (Å²) in [6.07, 6.45) is 3.58. The Morgan fingerprint density at radius 3 is 2.68 bits per heavy atom. The predicted octanol–water partition coefficient (Wildman–Crippen LogP) is 2.63. The van der Waals surface area contributed by atoms with Gasteiger partial charge in [-0.15, -0.1) is 5.10 Å². The number of nitrogens with one attached hydrogen (secondary N) is 1. The van der Waals surface area contributed by atoms with Gasteiger partial charge in [0, 0.05) is 25.8 Å². The Kier molecular flexibility index (Phi) is 5.13. The molecule has 1 amide bonds. The molecule has 1 saturated heterocycles. The SMILES string of the molecule is Cc1ccc(CNC(=O)c2cnc3sc(N4CCC(C)CC4)nn3c2=O)cc1. The number of carbonyl (C=O) groups is 1. The molecule has 2 aromatic heterocycles. The molecule has 0 bridgehead atoms. The van der Waals surface area contributed by atoms with Crippen molar-refractivity contribution in [3.05, 3.63) is 57.5 Å². The second kappa shape index (κ2) is 7.71. The number of hydrogen-bond acceptors (Lipinski definition) is 6. The van der Waals surface area contributed by atoms with Crippen molar-refractivity contribution in [3.63, 3.8) is 0 Å². The standard InChI is InChI=1S/C20H23N5O2S/c1-13-3-5-15(6-4-13)11-21-17(26)16-12-22-19-25(18(16)27)23-20(28-19)24-9-7-14(2)8-10-24/h3-6,12,14H,7-11H2,1-2H3,(H,21,26). The van der Waals surface area contributed by atoms with E-state index in [-0.39, 0.29) is 5.56 Å². The minimum absolute atomic E-state index is 0.00808. The number of fused-ring (bicyclic) bond motifs is 1. The molecule has 0 unspecified atom stereocenters. The van der Waals surface area contributed by atoms with Gasteiger partial charge in [-0.3, -0.25) is 9.59 Å². The molecule has 28 heavy (non-hydrogen) atoms. The summed E-state index contributed by atoms with van der Waals surface area (Å²) in [4.78, 5) is 32.2. The first-order chi connectivity index (χ1) is 13.5. The van der Waals surface area contributed by atoms with Gasteiger partial charge in [0.1, 0.15) is 5.56 Å². The highest BCUT2D eigenvalue weighted by atomic mass is 32.1. The molecular formula is C20H23N5O2S. The Morgan fingerprint density at radius 1 is 1.25 bits per heavy atom. The lowest BCUT2D eigenvalue weighted by Crippen LogP contribution is -2.33. The highest BCUT2D eigenvalue weighted by molar-refractivity contribution is 7.20. The van der Waals surface area contributed by atoms with Crippen LogP contribution in [-0.4, -0.2) is 33.6 Å². The van der Waals surface area contributed by atoms with Gasteiger partial charge >= 0.3 is 0 Å². The first-order valence-corrected chi connectivity index (χ1v) is 10.3. The summed E-state index contributed by atoms with van der Waals surface area (Å²) < 4.78 is 1.25. The van der Waals surface area contributed by atoms with Crippen molar-refractivity contribution in [2.75, 3.05) is 18.0 Å². The van der Waals surface area contributed by atoms with Crippen LogP contribution >= 0.6 is 11.3 Å². The van der Waals surface area contributed by atoms with Crippen LogP contribution in [-0.2, 0) is 6.54 Å². The van der Waals surface area contributed by atoms with Gasteiger partial charge in [0.2, 0.25) is 10.1 Å². The fraction of sp³-hybridized carbons (Fsp3) is 0.400. The second-order valence-electron chi connectivity index (χ2n) is 7.39. The number of carbonyl (C=O) groups excluding carboxylic acids is 1. The van der Waals surface area contributed by atoms with Gasteiger partial charge < -0.3 is 10.2 Å². The average Bonchev–Trinajstić information content (AvgIpc) is 3.13. The molecule has 1 aliphatic rings. The van der Waals surface area contributed by atoms with E-state index in [0.29, 0.717) is 11.5 Å². The third kappa shape index (κ3) is 3.77. The molecule has 0 radical (unpaired) electrons. The first kappa shape index (κ1) is 18.6. The van der Waals surface area contributed by atoms with Gasteiger partial charge in [0.15, 0.2) is 0 Å². The van der Waals surface area contributed by atoms with Gasteiger partial charge in [0.05, 0.1) is 0 Å². The van der Waals surface area contributed by atoms with Crippen LogP contribution in [0.5, 0.6) is 0 Å². The lowest BCUT2D eigenvalue weighted by Gasteiger charge is -2.29. The summed E-state index contributed by atoms with van der Waals surface area (Å²) in [5, 5.41) is 8.01. The van der Waals surface area contributed by atoms with Gasteiger partial charge in [-0.05, 0) is 31.2 Å². The van der Waals surface area contributed by atoms with E-state index in [1.807, 2.05) is 31.2 Å². The normalized spacial score (nSPS) is 15.1. The van der Waals surface area contributed by atoms with Crippen LogP contribution in [0.1, 0.15) is 41.3 Å². The number of benzene rings is 1. The molecule has 3 heterocycles. The van der Waals surface area contributed by atoms with Crippen molar-refractivity contribution in [2.24, 2.45) is 5.92 Å². The molecule has 1 aliphatic heterocycles. The fourth-order valence-corrected chi connectivity index (χ4v) is 4.16. The third-order valence-corrected chi connectivity index (χ3v) is 6.13. The van der Waals surface area contributed by atoms with Crippen LogP contribution < -0.4 is 15.8 Å². The van der Waals surface area contributed by atoms with Gasteiger partial charge in [0.25, 0.3) is 11.5 Å². The zero-order valence-electron chi connectivity index (χ0n) is 16.0. The molecule has 1 fully saturated rings. The summed E-state index contributed by atoms with van der Waals surface area (Å²) in [6, 6.07) is 7.89. The molecule has 4 rings (SSSR count). The summed E-state index contributed by atoms with van der Waals surface area (Å²) in [7, 11) is 0. The van der Waals surface area contributed by atoms with E-state index in [1.165, 1.54) is 22.0 Å². The Morgan fingerprint density at radius 2 is 1.96 bits per heavy atom. The van der Waals surface area contributed by atoms with E-state index >= 15 is 0 Å². The third-order valence-electron chi connectivity index (χ3n) is 5.15. The molecule has 0 spiro atoms. The maximum atomic E-state index is 12.8. The van der Waals surface area contributed by atoms with Crippen molar-refractivity contribution in [3.8, 4) is 0 Å². The molecule has 0 atom stereocenters. The van der Waals surface area contributed by atoms with E-state index in [2.05, 4.69) is 27.2 Å². The maximum absolute atomic E-state index is 12.8. The van der Waals surface area contributed by atoms with Crippen molar-refractivity contribution < 1.29 is 4.79 Å². The summed E-state index contributed by atoms with van der Waals surface area (Å²) in [5.74, 6) is 0.282. The van der Waals surface area contributed by atoms with E-state index in [0.717, 1.165) is 48.1 Å². The fourth-order valence-electron chi connectivity index (χ4n) is 3.24. The van der Waals surface area contributed by atoms with E-state index < -0.39 is 11.5 Å². The van der Waals surface area contributed by atoms with Gasteiger partial charge in [-0.25, -0.2) is 4.98 Å². The van der Waals surface area contributed by atoms with Crippen LogP contribution in [0.3, 0.4) is 0 Å². The predicted molar refractivity (Wildman–Crippen MR) is 110 cm³/mol. The number of amides is 1. The smallest absolute Gasteiger partial charge is 0.288 e. The Balaban J connectivity index is 1.52. The van der Waals surface area contributed by atoms with Crippen LogP contribution in [0, 0.1) is 12.8 Å². The minimum Gasteiger partial charge on any atom is -0.348 e. The monoisotopic (exact) mass is 397 g/mol. The van der Waals surface area contributed by atoms with Crippen molar-refractivity contribution >= 4 is 27.3 Å². The van der Waals surface area contributed by atoms with Crippen LogP contribution in [0.4, 0.5) is 5.13 Å². The van der Waals surface area contributed by atoms with E-state index in [4.69, 9.17) is 0 Å². The zero-order chi connectivity index (χ0) is 19.7. The lowest BCUT2D eigenvalue weighted by molar-refractivity contribution is 0.0948. The van der Waals surface area contributed by atoms with E-state index in [9.17, 15) is 9.59 Å². The number of aryl methyl sites for hydroxylation is 1. The zero-order valence-corrected chi connectivity index (χ0v) is 16.8. The number of rotatable bonds is 4. The summed E-state index contributed by atoms with van der Waals surface area (Å²) in [5.41, 5.74) is 1.71. The van der Waals surface area contributed by atoms with Crippen molar-refractivity contribution in [2.45, 2.75) is 33.2 Å². The number of piperidine rings is 1. The van der Waals surface area contributed by atoms with Crippen LogP contribution in [0.15, 0.2) is 35.3 Å². The highest BCUT2D eigenvalue weighted by Crippen LogP contribution is 2.26. The lowest BCUT2D eigenvalue weighted by atomic mass is 10.00. The van der Waals surface area contributed by atoms with Crippen LogP contribution in [0.2, 0.25) is 0 Å². The van der Waals surface area contributed by atoms with Crippen molar-refractivity contribution in [1.82, 2.24) is 19.9 Å². The average molecular weight is 398 g/mol. The maximum Gasteiger partial charge on any atom is 0.288 e. The molecule has 0 saturated carbocycles. The molecule has 146 valence electrons.